The van der Waals surface area contributed by atoms with Crippen molar-refractivity contribution in [2.24, 2.45) is 0 Å². The zero-order valence-electron chi connectivity index (χ0n) is 20.3. The first-order valence-electron chi connectivity index (χ1n) is 13.0. The van der Waals surface area contributed by atoms with Crippen LogP contribution in [0.2, 0.25) is 0 Å². The normalized spacial score (nSPS) is 15.8. The van der Waals surface area contributed by atoms with E-state index in [-0.39, 0.29) is 0 Å². The van der Waals surface area contributed by atoms with E-state index in [4.69, 9.17) is 4.98 Å². The number of nitrogens with zero attached hydrogens (tertiary/aromatic N) is 2. The van der Waals surface area contributed by atoms with E-state index in [9.17, 15) is 0 Å². The minimum atomic E-state index is 1.02. The third-order valence-corrected chi connectivity index (χ3v) is 7.77. The molecular weight excluding hydrogens is 436 g/mol. The Morgan fingerprint density at radius 3 is 2.33 bits per heavy atom. The molecule has 0 bridgehead atoms. The number of hydrogen-bond acceptors (Lipinski definition) is 2. The number of anilines is 1. The molecule has 2 aliphatic rings. The summed E-state index contributed by atoms with van der Waals surface area (Å²) in [5.74, 6) is 1.15. The van der Waals surface area contributed by atoms with Gasteiger partial charge in [-0.3, -0.25) is 0 Å². The van der Waals surface area contributed by atoms with E-state index in [0.29, 0.717) is 0 Å². The summed E-state index contributed by atoms with van der Waals surface area (Å²) in [6, 6.07) is 35.2. The lowest BCUT2D eigenvalue weighted by atomic mass is 9.89. The van der Waals surface area contributed by atoms with Gasteiger partial charge < -0.3 is 4.90 Å². The molecule has 2 heterocycles. The van der Waals surface area contributed by atoms with Gasteiger partial charge in [0.25, 0.3) is 0 Å². The van der Waals surface area contributed by atoms with Gasteiger partial charge in [0.2, 0.25) is 0 Å². The van der Waals surface area contributed by atoms with Gasteiger partial charge >= 0.3 is 0 Å². The number of hydrogen-bond donors (Lipinski definition) is 0. The van der Waals surface area contributed by atoms with E-state index in [1.165, 1.54) is 61.5 Å². The smallest absolute Gasteiger partial charge is 0.135 e. The third-order valence-electron chi connectivity index (χ3n) is 7.77. The third kappa shape index (κ3) is 3.53. The average Bonchev–Trinajstić information content (AvgIpc) is 3.59. The predicted octanol–water partition coefficient (Wildman–Crippen LogP) is 8.43. The van der Waals surface area contributed by atoms with Crippen LogP contribution in [0.25, 0.3) is 33.2 Å². The fourth-order valence-electron chi connectivity index (χ4n) is 6.10. The Morgan fingerprint density at radius 2 is 1.44 bits per heavy atom. The van der Waals surface area contributed by atoms with E-state index < -0.39 is 0 Å². The topological polar surface area (TPSA) is 16.1 Å². The lowest BCUT2D eigenvalue weighted by Gasteiger charge is -2.23. The van der Waals surface area contributed by atoms with Crippen molar-refractivity contribution in [3.8, 4) is 0 Å². The predicted molar refractivity (Wildman–Crippen MR) is 152 cm³/mol. The molecule has 0 radical (unpaired) electrons. The first-order chi connectivity index (χ1) is 17.9. The van der Waals surface area contributed by atoms with E-state index in [2.05, 4.69) is 108 Å². The Bertz CT molecular complexity index is 1660. The van der Waals surface area contributed by atoms with Gasteiger partial charge in [0, 0.05) is 18.4 Å². The Labute approximate surface area is 212 Å². The first kappa shape index (κ1) is 21.1. The average molecular weight is 465 g/mol. The quantitative estimate of drug-likeness (QED) is 0.248. The number of rotatable bonds is 4. The van der Waals surface area contributed by atoms with Gasteiger partial charge in [0.05, 0.1) is 0 Å². The first-order valence-corrected chi connectivity index (χ1v) is 13.0. The maximum absolute atomic E-state index is 4.80. The molecule has 0 unspecified atom stereocenters. The van der Waals surface area contributed by atoms with Gasteiger partial charge in [-0.2, -0.15) is 0 Å². The second kappa shape index (κ2) is 8.80. The van der Waals surface area contributed by atoms with E-state index in [0.717, 1.165) is 31.6 Å². The highest BCUT2D eigenvalue weighted by atomic mass is 15.2. The molecule has 0 saturated heterocycles. The summed E-state index contributed by atoms with van der Waals surface area (Å²) in [6.45, 7) is 1.02. The molecule has 0 fully saturated rings. The zero-order valence-corrected chi connectivity index (χ0v) is 20.3. The van der Waals surface area contributed by atoms with E-state index >= 15 is 0 Å². The van der Waals surface area contributed by atoms with Crippen LogP contribution in [-0.2, 0) is 6.42 Å². The molecule has 174 valence electrons. The van der Waals surface area contributed by atoms with E-state index in [1.807, 2.05) is 6.20 Å². The molecule has 1 aliphatic carbocycles. The molecule has 2 heteroatoms. The summed E-state index contributed by atoms with van der Waals surface area (Å²) in [5, 5.41) is 5.17. The Balaban J connectivity index is 1.49. The van der Waals surface area contributed by atoms with Crippen molar-refractivity contribution in [2.45, 2.75) is 25.7 Å². The van der Waals surface area contributed by atoms with Crippen molar-refractivity contribution in [3.05, 3.63) is 131 Å². The summed E-state index contributed by atoms with van der Waals surface area (Å²) in [7, 11) is 0. The van der Waals surface area contributed by atoms with Crippen LogP contribution in [0.1, 0.15) is 36.0 Å². The second-order valence-corrected chi connectivity index (χ2v) is 9.82. The van der Waals surface area contributed by atoms with Crippen LogP contribution in [0, 0.1) is 0 Å². The van der Waals surface area contributed by atoms with Crippen LogP contribution < -0.4 is 4.90 Å². The van der Waals surface area contributed by atoms with Crippen molar-refractivity contribution in [1.29, 1.82) is 0 Å². The minimum absolute atomic E-state index is 1.02. The number of fused-ring (bicyclic) bond motifs is 3. The van der Waals surface area contributed by atoms with Crippen LogP contribution >= 0.6 is 0 Å². The minimum Gasteiger partial charge on any atom is -0.329 e. The summed E-state index contributed by atoms with van der Waals surface area (Å²) < 4.78 is 0. The molecule has 36 heavy (non-hydrogen) atoms. The molecule has 0 amide bonds. The lowest BCUT2D eigenvalue weighted by molar-refractivity contribution is 0.846. The van der Waals surface area contributed by atoms with Gasteiger partial charge in [-0.15, -0.1) is 0 Å². The van der Waals surface area contributed by atoms with Gasteiger partial charge in [-0.05, 0) is 87.2 Å². The van der Waals surface area contributed by atoms with Gasteiger partial charge in [0.15, 0.2) is 0 Å². The van der Waals surface area contributed by atoms with Crippen LogP contribution in [0.3, 0.4) is 0 Å². The largest absolute Gasteiger partial charge is 0.329 e. The number of aromatic nitrogens is 1. The monoisotopic (exact) mass is 464 g/mol. The molecule has 0 N–H and O–H groups in total. The SMILES string of the molecule is C(=C(\C1=C(N2CCc3cccnc32)CCC1)c1cccc2ccccc12)/c1cccc2ccccc12. The van der Waals surface area contributed by atoms with Crippen LogP contribution in [0.4, 0.5) is 5.82 Å². The molecule has 2 nitrogen and oxygen atoms in total. The molecule has 0 saturated carbocycles. The Kier molecular flexibility index (Phi) is 5.17. The lowest BCUT2D eigenvalue weighted by Crippen LogP contribution is -2.20. The number of benzene rings is 4. The number of allylic oxidation sites excluding steroid dienone is 3. The summed E-state index contributed by atoms with van der Waals surface area (Å²) >= 11 is 0. The van der Waals surface area contributed by atoms with Crippen molar-refractivity contribution < 1.29 is 0 Å². The van der Waals surface area contributed by atoms with Gasteiger partial charge in [-0.1, -0.05) is 91.0 Å². The summed E-state index contributed by atoms with van der Waals surface area (Å²) in [5.41, 5.74) is 8.22. The molecule has 1 aromatic heterocycles. The van der Waals surface area contributed by atoms with Gasteiger partial charge in [0.1, 0.15) is 5.82 Å². The molecule has 7 rings (SSSR count). The van der Waals surface area contributed by atoms with Crippen molar-refractivity contribution >= 4 is 39.0 Å². The second-order valence-electron chi connectivity index (χ2n) is 9.82. The summed E-state index contributed by atoms with van der Waals surface area (Å²) in [6.07, 6.45) is 8.82. The standard InChI is InChI=1S/C34H28N2/c1-3-15-28-24(9-1)11-5-13-27(28)23-32(30-17-6-12-25-10-2-4-16-29(25)30)31-18-7-19-33(31)36-22-20-26-14-8-21-35-34(26)36/h1-6,8-17,21,23H,7,18-20,22H2/b32-23+. The zero-order chi connectivity index (χ0) is 23.9. The van der Waals surface area contributed by atoms with Crippen LogP contribution in [-0.4, -0.2) is 11.5 Å². The maximum Gasteiger partial charge on any atom is 0.135 e. The highest BCUT2D eigenvalue weighted by Gasteiger charge is 2.29. The summed E-state index contributed by atoms with van der Waals surface area (Å²) in [4.78, 5) is 7.30. The molecular formula is C34H28N2. The highest BCUT2D eigenvalue weighted by molar-refractivity contribution is 6.05. The molecule has 0 spiro atoms. The Hall–Kier alpha value is -4.17. The molecule has 4 aromatic carbocycles. The van der Waals surface area contributed by atoms with E-state index in [1.54, 1.807) is 0 Å². The fraction of sp³-hybridized carbons (Fsp3) is 0.147. The van der Waals surface area contributed by atoms with Gasteiger partial charge in [-0.25, -0.2) is 4.98 Å². The maximum atomic E-state index is 4.80. The Morgan fingerprint density at radius 1 is 0.694 bits per heavy atom. The molecule has 1 aliphatic heterocycles. The van der Waals surface area contributed by atoms with Crippen molar-refractivity contribution in [2.75, 3.05) is 11.4 Å². The van der Waals surface area contributed by atoms with Crippen LogP contribution in [0.5, 0.6) is 0 Å². The van der Waals surface area contributed by atoms with Crippen molar-refractivity contribution in [3.63, 3.8) is 0 Å². The van der Waals surface area contributed by atoms with Crippen LogP contribution in [0.15, 0.2) is 115 Å². The molecule has 5 aromatic rings. The molecule has 0 atom stereocenters. The number of pyridine rings is 1. The van der Waals surface area contributed by atoms with Crippen molar-refractivity contribution in [1.82, 2.24) is 4.98 Å². The highest BCUT2D eigenvalue weighted by Crippen LogP contribution is 2.44. The fourth-order valence-corrected chi connectivity index (χ4v) is 6.10.